The molecule has 0 saturated carbocycles. The van der Waals surface area contributed by atoms with Crippen LogP contribution in [0.3, 0.4) is 0 Å². The Balaban J connectivity index is 2.97. The lowest BCUT2D eigenvalue weighted by molar-refractivity contribution is 0.282. The lowest BCUT2D eigenvalue weighted by Crippen LogP contribution is -2.26. The Morgan fingerprint density at radius 2 is 1.81 bits per heavy atom. The molecule has 0 unspecified atom stereocenters. The van der Waals surface area contributed by atoms with Crippen molar-refractivity contribution in [3.8, 4) is 0 Å². The van der Waals surface area contributed by atoms with Gasteiger partial charge in [-0.05, 0) is 31.0 Å². The average Bonchev–Trinajstić information content (AvgIpc) is 2.28. The van der Waals surface area contributed by atoms with Gasteiger partial charge in [0.05, 0.1) is 6.61 Å². The van der Waals surface area contributed by atoms with E-state index >= 15 is 0 Å². The fourth-order valence-corrected chi connectivity index (χ4v) is 2.29. The highest BCUT2D eigenvalue weighted by atomic mass is 79.9. The van der Waals surface area contributed by atoms with E-state index in [-0.39, 0.29) is 6.61 Å². The number of rotatable bonds is 6. The molecule has 90 valence electrons. The highest BCUT2D eigenvalue weighted by Crippen LogP contribution is 2.25. The largest absolute Gasteiger partial charge is 0.392 e. The third-order valence-electron chi connectivity index (χ3n) is 2.54. The molecule has 0 amide bonds. The van der Waals surface area contributed by atoms with Gasteiger partial charge in [-0.25, -0.2) is 0 Å². The molecule has 1 aromatic carbocycles. The predicted octanol–water partition coefficient (Wildman–Crippen LogP) is 3.57. The first kappa shape index (κ1) is 13.5. The van der Waals surface area contributed by atoms with E-state index in [9.17, 15) is 5.11 Å². The Morgan fingerprint density at radius 3 is 2.31 bits per heavy atom. The summed E-state index contributed by atoms with van der Waals surface area (Å²) in [5, 5.41) is 9.38. The zero-order valence-electron chi connectivity index (χ0n) is 10.0. The summed E-state index contributed by atoms with van der Waals surface area (Å²) >= 11 is 3.43. The second-order valence-corrected chi connectivity index (χ2v) is 4.83. The number of nitrogens with zero attached hydrogens (tertiary/aromatic N) is 1. The molecule has 1 aromatic rings. The second kappa shape index (κ2) is 6.92. The first-order valence-electron chi connectivity index (χ1n) is 5.87. The van der Waals surface area contributed by atoms with Crippen LogP contribution in [0.25, 0.3) is 0 Å². The summed E-state index contributed by atoms with van der Waals surface area (Å²) in [6.45, 7) is 6.55. The number of benzene rings is 1. The minimum Gasteiger partial charge on any atom is -0.392 e. The van der Waals surface area contributed by atoms with Crippen LogP contribution in [-0.2, 0) is 6.61 Å². The van der Waals surface area contributed by atoms with Crippen molar-refractivity contribution in [2.75, 3.05) is 18.0 Å². The van der Waals surface area contributed by atoms with Gasteiger partial charge in [0, 0.05) is 28.8 Å². The number of aliphatic hydroxyl groups is 1. The fourth-order valence-electron chi connectivity index (χ4n) is 1.88. The van der Waals surface area contributed by atoms with Gasteiger partial charge in [0.1, 0.15) is 0 Å². The fraction of sp³-hybridized carbons (Fsp3) is 0.538. The molecule has 0 atom stereocenters. The zero-order valence-corrected chi connectivity index (χ0v) is 11.6. The maximum atomic E-state index is 9.38. The number of hydrogen-bond acceptors (Lipinski definition) is 2. The Kier molecular flexibility index (Phi) is 5.85. The lowest BCUT2D eigenvalue weighted by Gasteiger charge is -2.26. The molecule has 0 fully saturated rings. The van der Waals surface area contributed by atoms with Crippen LogP contribution >= 0.6 is 15.9 Å². The van der Waals surface area contributed by atoms with E-state index in [1.807, 2.05) is 12.1 Å². The highest BCUT2D eigenvalue weighted by molar-refractivity contribution is 9.10. The molecule has 0 bridgehead atoms. The SMILES string of the molecule is CCCN(CCC)c1ccc(Br)cc1CO. The molecule has 0 radical (unpaired) electrons. The molecule has 0 aliphatic carbocycles. The van der Waals surface area contributed by atoms with Gasteiger partial charge in [-0.15, -0.1) is 0 Å². The normalized spacial score (nSPS) is 10.5. The van der Waals surface area contributed by atoms with Crippen LogP contribution in [0.4, 0.5) is 5.69 Å². The molecule has 2 nitrogen and oxygen atoms in total. The monoisotopic (exact) mass is 285 g/mol. The molecular formula is C13H20BrNO. The van der Waals surface area contributed by atoms with E-state index < -0.39 is 0 Å². The van der Waals surface area contributed by atoms with E-state index in [0.717, 1.165) is 41.7 Å². The molecular weight excluding hydrogens is 266 g/mol. The van der Waals surface area contributed by atoms with Crippen molar-refractivity contribution in [3.05, 3.63) is 28.2 Å². The maximum Gasteiger partial charge on any atom is 0.0702 e. The minimum atomic E-state index is 0.0959. The van der Waals surface area contributed by atoms with Gasteiger partial charge in [-0.3, -0.25) is 0 Å². The first-order chi connectivity index (χ1) is 7.72. The predicted molar refractivity (Wildman–Crippen MR) is 72.9 cm³/mol. The van der Waals surface area contributed by atoms with E-state index in [4.69, 9.17) is 0 Å². The molecule has 0 saturated heterocycles. The van der Waals surface area contributed by atoms with Crippen molar-refractivity contribution in [2.24, 2.45) is 0 Å². The van der Waals surface area contributed by atoms with Crippen molar-refractivity contribution in [2.45, 2.75) is 33.3 Å². The van der Waals surface area contributed by atoms with E-state index in [2.05, 4.69) is 40.7 Å². The second-order valence-electron chi connectivity index (χ2n) is 3.92. The van der Waals surface area contributed by atoms with Gasteiger partial charge < -0.3 is 10.0 Å². The van der Waals surface area contributed by atoms with Crippen LogP contribution in [-0.4, -0.2) is 18.2 Å². The summed E-state index contributed by atoms with van der Waals surface area (Å²) in [5.74, 6) is 0. The zero-order chi connectivity index (χ0) is 12.0. The molecule has 1 N–H and O–H groups in total. The minimum absolute atomic E-state index is 0.0959. The number of aliphatic hydroxyl groups excluding tert-OH is 1. The maximum absolute atomic E-state index is 9.38. The van der Waals surface area contributed by atoms with E-state index in [1.165, 1.54) is 0 Å². The van der Waals surface area contributed by atoms with E-state index in [0.29, 0.717) is 0 Å². The quantitative estimate of drug-likeness (QED) is 0.864. The van der Waals surface area contributed by atoms with Crippen molar-refractivity contribution in [3.63, 3.8) is 0 Å². The molecule has 3 heteroatoms. The Labute approximate surface area is 106 Å². The van der Waals surface area contributed by atoms with Crippen LogP contribution in [0.2, 0.25) is 0 Å². The third kappa shape index (κ3) is 3.49. The van der Waals surface area contributed by atoms with Gasteiger partial charge in [0.15, 0.2) is 0 Å². The van der Waals surface area contributed by atoms with Gasteiger partial charge in [0.25, 0.3) is 0 Å². The van der Waals surface area contributed by atoms with Gasteiger partial charge in [-0.2, -0.15) is 0 Å². The molecule has 0 aromatic heterocycles. The molecule has 0 aliphatic heterocycles. The van der Waals surface area contributed by atoms with Crippen molar-refractivity contribution >= 4 is 21.6 Å². The summed E-state index contributed by atoms with van der Waals surface area (Å²) in [4.78, 5) is 2.35. The molecule has 0 heterocycles. The Morgan fingerprint density at radius 1 is 1.19 bits per heavy atom. The average molecular weight is 286 g/mol. The molecule has 0 spiro atoms. The molecule has 16 heavy (non-hydrogen) atoms. The Bertz CT molecular complexity index is 322. The number of anilines is 1. The summed E-state index contributed by atoms with van der Waals surface area (Å²) < 4.78 is 1.02. The van der Waals surface area contributed by atoms with Gasteiger partial charge >= 0.3 is 0 Å². The van der Waals surface area contributed by atoms with Crippen LogP contribution in [0.5, 0.6) is 0 Å². The summed E-state index contributed by atoms with van der Waals surface area (Å²) in [6.07, 6.45) is 2.25. The smallest absolute Gasteiger partial charge is 0.0702 e. The number of hydrogen-bond donors (Lipinski definition) is 1. The molecule has 0 aliphatic rings. The van der Waals surface area contributed by atoms with E-state index in [1.54, 1.807) is 0 Å². The lowest BCUT2D eigenvalue weighted by atomic mass is 10.1. The van der Waals surface area contributed by atoms with Crippen LogP contribution < -0.4 is 4.90 Å². The highest BCUT2D eigenvalue weighted by Gasteiger charge is 2.09. The number of halogens is 1. The Hall–Kier alpha value is -0.540. The van der Waals surface area contributed by atoms with Crippen molar-refractivity contribution in [1.82, 2.24) is 0 Å². The topological polar surface area (TPSA) is 23.5 Å². The third-order valence-corrected chi connectivity index (χ3v) is 3.03. The van der Waals surface area contributed by atoms with Crippen molar-refractivity contribution < 1.29 is 5.11 Å². The summed E-state index contributed by atoms with van der Waals surface area (Å²) in [6, 6.07) is 6.11. The van der Waals surface area contributed by atoms with Crippen LogP contribution in [0.1, 0.15) is 32.3 Å². The van der Waals surface area contributed by atoms with Gasteiger partial charge in [0.2, 0.25) is 0 Å². The summed E-state index contributed by atoms with van der Waals surface area (Å²) in [5.41, 5.74) is 2.16. The van der Waals surface area contributed by atoms with Crippen LogP contribution in [0.15, 0.2) is 22.7 Å². The van der Waals surface area contributed by atoms with Crippen LogP contribution in [0, 0.1) is 0 Å². The van der Waals surface area contributed by atoms with Gasteiger partial charge in [-0.1, -0.05) is 29.8 Å². The molecule has 1 rings (SSSR count). The summed E-state index contributed by atoms with van der Waals surface area (Å²) in [7, 11) is 0. The standard InChI is InChI=1S/C13H20BrNO/c1-3-7-15(8-4-2)13-6-5-12(14)9-11(13)10-16/h5-6,9,16H,3-4,7-8,10H2,1-2H3. The first-order valence-corrected chi connectivity index (χ1v) is 6.66. The van der Waals surface area contributed by atoms with Crippen molar-refractivity contribution in [1.29, 1.82) is 0 Å².